The van der Waals surface area contributed by atoms with Crippen molar-refractivity contribution in [3.63, 3.8) is 0 Å². The van der Waals surface area contributed by atoms with Crippen LogP contribution in [0.2, 0.25) is 5.02 Å². The Bertz CT molecular complexity index is 1570. The summed E-state index contributed by atoms with van der Waals surface area (Å²) in [4.78, 5) is 22.7. The van der Waals surface area contributed by atoms with Gasteiger partial charge in [-0.3, -0.25) is 4.79 Å². The predicted molar refractivity (Wildman–Crippen MR) is 134 cm³/mol. The van der Waals surface area contributed by atoms with Crippen LogP contribution in [0.3, 0.4) is 0 Å². The first-order chi connectivity index (χ1) is 16.6. The molecule has 5 aromatic rings. The minimum absolute atomic E-state index is 0.0904. The summed E-state index contributed by atoms with van der Waals surface area (Å²) in [6.45, 7) is 2.59. The largest absolute Gasteiger partial charge is 0.309 e. The number of benzene rings is 3. The standard InChI is InChI=1S/C27H20ClN5O/c1-17(18-9-3-2-4-10-18)16-33-25(32-27(34)19-11-5-6-12-21(19)28)20(15-29)24-26(33)31-23-14-8-7-13-22(23)30-24/h2-14,17H,16H2,1H3,(H,32,34). The molecule has 2 aromatic heterocycles. The second-order valence-corrected chi connectivity index (χ2v) is 8.48. The van der Waals surface area contributed by atoms with Crippen LogP contribution < -0.4 is 5.32 Å². The van der Waals surface area contributed by atoms with E-state index in [2.05, 4.69) is 30.4 Å². The molecule has 0 aliphatic carbocycles. The second kappa shape index (κ2) is 8.97. The minimum Gasteiger partial charge on any atom is -0.309 e. The summed E-state index contributed by atoms with van der Waals surface area (Å²) in [5.74, 6) is 0.0520. The molecule has 0 radical (unpaired) electrons. The van der Waals surface area contributed by atoms with Crippen LogP contribution in [0.1, 0.15) is 34.3 Å². The van der Waals surface area contributed by atoms with Gasteiger partial charge in [-0.15, -0.1) is 0 Å². The lowest BCUT2D eigenvalue weighted by atomic mass is 10.0. The van der Waals surface area contributed by atoms with Crippen LogP contribution in [0.5, 0.6) is 0 Å². The Morgan fingerprint density at radius 2 is 1.65 bits per heavy atom. The third-order valence-corrected chi connectivity index (χ3v) is 6.17. The molecular formula is C27H20ClN5O. The van der Waals surface area contributed by atoms with Gasteiger partial charge in [0, 0.05) is 6.54 Å². The number of carbonyl (C=O) groups excluding carboxylic acids is 1. The quantitative estimate of drug-likeness (QED) is 0.336. The number of carbonyl (C=O) groups is 1. The molecule has 7 heteroatoms. The average molecular weight is 466 g/mol. The number of amides is 1. The molecule has 1 amide bonds. The van der Waals surface area contributed by atoms with Crippen LogP contribution in [-0.2, 0) is 6.54 Å². The van der Waals surface area contributed by atoms with Gasteiger partial charge in [0.05, 0.1) is 21.6 Å². The highest BCUT2D eigenvalue weighted by atomic mass is 35.5. The Morgan fingerprint density at radius 1 is 1.00 bits per heavy atom. The molecule has 0 aliphatic rings. The number of fused-ring (bicyclic) bond motifs is 2. The monoisotopic (exact) mass is 465 g/mol. The van der Waals surface area contributed by atoms with E-state index in [0.717, 1.165) is 11.1 Å². The number of hydrogen-bond donors (Lipinski definition) is 1. The molecule has 1 unspecified atom stereocenters. The van der Waals surface area contributed by atoms with Crippen molar-refractivity contribution in [3.05, 3.63) is 101 Å². The van der Waals surface area contributed by atoms with Gasteiger partial charge >= 0.3 is 0 Å². The van der Waals surface area contributed by atoms with Crippen molar-refractivity contribution in [3.8, 4) is 6.07 Å². The molecule has 1 atom stereocenters. The van der Waals surface area contributed by atoms with Gasteiger partial charge in [0.2, 0.25) is 0 Å². The molecule has 3 aromatic carbocycles. The summed E-state index contributed by atoms with van der Waals surface area (Å²) < 4.78 is 1.87. The van der Waals surface area contributed by atoms with Crippen molar-refractivity contribution in [1.82, 2.24) is 14.5 Å². The molecule has 0 bridgehead atoms. The molecule has 0 fully saturated rings. The Balaban J connectivity index is 1.69. The average Bonchev–Trinajstić information content (AvgIpc) is 3.14. The van der Waals surface area contributed by atoms with E-state index in [1.165, 1.54) is 0 Å². The molecule has 1 N–H and O–H groups in total. The molecule has 166 valence electrons. The van der Waals surface area contributed by atoms with Crippen LogP contribution in [0.4, 0.5) is 5.82 Å². The van der Waals surface area contributed by atoms with E-state index in [-0.39, 0.29) is 11.5 Å². The molecule has 0 aliphatic heterocycles. The van der Waals surface area contributed by atoms with E-state index >= 15 is 0 Å². The SMILES string of the molecule is CC(Cn1c(NC(=O)c2ccccc2Cl)c(C#N)c2nc3ccccc3nc21)c1ccccc1. The van der Waals surface area contributed by atoms with E-state index in [4.69, 9.17) is 21.6 Å². The van der Waals surface area contributed by atoms with Crippen molar-refractivity contribution in [1.29, 1.82) is 5.26 Å². The number of aromatic nitrogens is 3. The second-order valence-electron chi connectivity index (χ2n) is 8.08. The van der Waals surface area contributed by atoms with Crippen molar-refractivity contribution >= 4 is 45.5 Å². The van der Waals surface area contributed by atoms with Crippen LogP contribution in [-0.4, -0.2) is 20.4 Å². The Morgan fingerprint density at radius 3 is 2.35 bits per heavy atom. The summed E-state index contributed by atoms with van der Waals surface area (Å²) in [6.07, 6.45) is 0. The lowest BCUT2D eigenvalue weighted by Crippen LogP contribution is -2.18. The normalized spacial score (nSPS) is 11.9. The maximum Gasteiger partial charge on any atom is 0.258 e. The maximum atomic E-state index is 13.2. The number of nitrogens with zero attached hydrogens (tertiary/aromatic N) is 4. The van der Waals surface area contributed by atoms with Gasteiger partial charge in [-0.1, -0.05) is 73.1 Å². The van der Waals surface area contributed by atoms with Crippen molar-refractivity contribution in [2.75, 3.05) is 5.32 Å². The molecule has 0 saturated carbocycles. The zero-order valence-corrected chi connectivity index (χ0v) is 19.1. The van der Waals surface area contributed by atoms with Gasteiger partial charge < -0.3 is 9.88 Å². The number of rotatable bonds is 5. The molecule has 2 heterocycles. The van der Waals surface area contributed by atoms with Crippen LogP contribution >= 0.6 is 11.6 Å². The Labute approximate surface area is 201 Å². The van der Waals surface area contributed by atoms with Gasteiger partial charge in [-0.2, -0.15) is 5.26 Å². The molecule has 34 heavy (non-hydrogen) atoms. The number of anilines is 1. The maximum absolute atomic E-state index is 13.2. The zero-order valence-electron chi connectivity index (χ0n) is 18.4. The smallest absolute Gasteiger partial charge is 0.258 e. The highest BCUT2D eigenvalue weighted by Gasteiger charge is 2.24. The van der Waals surface area contributed by atoms with E-state index in [9.17, 15) is 10.1 Å². The van der Waals surface area contributed by atoms with Crippen LogP contribution in [0, 0.1) is 11.3 Å². The number of hydrogen-bond acceptors (Lipinski definition) is 4. The number of para-hydroxylation sites is 2. The summed E-state index contributed by atoms with van der Waals surface area (Å²) in [5.41, 5.74) is 4.14. The molecule has 0 saturated heterocycles. The Kier molecular flexibility index (Phi) is 5.70. The van der Waals surface area contributed by atoms with Gasteiger partial charge in [0.15, 0.2) is 5.65 Å². The van der Waals surface area contributed by atoms with Crippen molar-refractivity contribution < 1.29 is 4.79 Å². The third kappa shape index (κ3) is 3.87. The molecule has 6 nitrogen and oxygen atoms in total. The summed E-state index contributed by atoms with van der Waals surface area (Å²) in [6, 6.07) is 26.6. The molecular weight excluding hydrogens is 446 g/mol. The lowest BCUT2D eigenvalue weighted by molar-refractivity contribution is 0.102. The van der Waals surface area contributed by atoms with Crippen molar-refractivity contribution in [2.24, 2.45) is 0 Å². The zero-order chi connectivity index (χ0) is 23.7. The van der Waals surface area contributed by atoms with E-state index in [1.54, 1.807) is 24.3 Å². The topological polar surface area (TPSA) is 83.6 Å². The number of nitriles is 1. The number of halogens is 1. The van der Waals surface area contributed by atoms with E-state index in [1.807, 2.05) is 47.0 Å². The highest BCUT2D eigenvalue weighted by Crippen LogP contribution is 2.32. The molecule has 5 rings (SSSR count). The summed E-state index contributed by atoms with van der Waals surface area (Å²) in [7, 11) is 0. The Hall–Kier alpha value is -4.21. The fourth-order valence-electron chi connectivity index (χ4n) is 4.09. The van der Waals surface area contributed by atoms with Gasteiger partial charge in [0.1, 0.15) is 23.0 Å². The van der Waals surface area contributed by atoms with Crippen LogP contribution in [0.15, 0.2) is 78.9 Å². The van der Waals surface area contributed by atoms with E-state index in [0.29, 0.717) is 39.6 Å². The first-order valence-corrected chi connectivity index (χ1v) is 11.2. The number of nitrogens with one attached hydrogen (secondary N) is 1. The highest BCUT2D eigenvalue weighted by molar-refractivity contribution is 6.34. The first-order valence-electron chi connectivity index (χ1n) is 10.9. The minimum atomic E-state index is -0.400. The van der Waals surface area contributed by atoms with Crippen molar-refractivity contribution in [2.45, 2.75) is 19.4 Å². The van der Waals surface area contributed by atoms with Gasteiger partial charge in [-0.25, -0.2) is 9.97 Å². The fraction of sp³-hybridized carbons (Fsp3) is 0.111. The molecule has 0 spiro atoms. The lowest BCUT2D eigenvalue weighted by Gasteiger charge is -2.17. The summed E-state index contributed by atoms with van der Waals surface area (Å²) >= 11 is 6.26. The summed E-state index contributed by atoms with van der Waals surface area (Å²) in [5, 5.41) is 13.3. The fourth-order valence-corrected chi connectivity index (χ4v) is 4.32. The first kappa shape index (κ1) is 21.6. The van der Waals surface area contributed by atoms with Gasteiger partial charge in [-0.05, 0) is 35.7 Å². The third-order valence-electron chi connectivity index (χ3n) is 5.84. The van der Waals surface area contributed by atoms with Gasteiger partial charge in [0.25, 0.3) is 5.91 Å². The van der Waals surface area contributed by atoms with Crippen LogP contribution in [0.25, 0.3) is 22.2 Å². The predicted octanol–water partition coefficient (Wildman–Crippen LogP) is 6.17. The van der Waals surface area contributed by atoms with E-state index < -0.39 is 5.91 Å².